The second-order valence-corrected chi connectivity index (χ2v) is 6.22. The Labute approximate surface area is 112 Å². The minimum Gasteiger partial charge on any atom is -0.383 e. The quantitative estimate of drug-likeness (QED) is 0.683. The highest BCUT2D eigenvalue weighted by molar-refractivity contribution is 4.92. The van der Waals surface area contributed by atoms with E-state index in [1.165, 1.54) is 51.6 Å². The molecule has 0 atom stereocenters. The van der Waals surface area contributed by atoms with Crippen molar-refractivity contribution in [2.45, 2.75) is 51.5 Å². The van der Waals surface area contributed by atoms with Crippen LogP contribution in [0.5, 0.6) is 0 Å². The molecule has 0 aliphatic heterocycles. The van der Waals surface area contributed by atoms with Gasteiger partial charge >= 0.3 is 0 Å². The first kappa shape index (κ1) is 14.3. The van der Waals surface area contributed by atoms with Crippen molar-refractivity contribution in [2.75, 3.05) is 39.9 Å². The summed E-state index contributed by atoms with van der Waals surface area (Å²) < 4.78 is 5.22. The molecule has 3 nitrogen and oxygen atoms in total. The first-order valence-electron chi connectivity index (χ1n) is 7.73. The Hall–Kier alpha value is -0.120. The van der Waals surface area contributed by atoms with Gasteiger partial charge in [-0.05, 0) is 37.6 Å². The molecule has 0 aromatic carbocycles. The summed E-state index contributed by atoms with van der Waals surface area (Å²) in [6.07, 6.45) is 8.48. The molecular formula is C15H30N2O. The van der Waals surface area contributed by atoms with Crippen LogP contribution in [0.15, 0.2) is 0 Å². The number of nitrogens with one attached hydrogen (secondary N) is 1. The average Bonchev–Trinajstić information content (AvgIpc) is 3.12. The molecule has 2 fully saturated rings. The van der Waals surface area contributed by atoms with Gasteiger partial charge in [-0.1, -0.05) is 19.8 Å². The van der Waals surface area contributed by atoms with Crippen LogP contribution in [0.3, 0.4) is 0 Å². The van der Waals surface area contributed by atoms with Crippen LogP contribution in [0.25, 0.3) is 0 Å². The zero-order chi connectivity index (χ0) is 12.8. The van der Waals surface area contributed by atoms with E-state index >= 15 is 0 Å². The van der Waals surface area contributed by atoms with Gasteiger partial charge in [0, 0.05) is 32.8 Å². The molecule has 2 aliphatic rings. The molecule has 1 N–H and O–H groups in total. The molecule has 0 heterocycles. The fraction of sp³-hybridized carbons (Fsp3) is 1.00. The largest absolute Gasteiger partial charge is 0.383 e. The number of rotatable bonds is 9. The van der Waals surface area contributed by atoms with Crippen LogP contribution in [-0.4, -0.2) is 50.8 Å². The van der Waals surface area contributed by atoms with E-state index in [9.17, 15) is 0 Å². The van der Waals surface area contributed by atoms with Crippen LogP contribution >= 0.6 is 0 Å². The van der Waals surface area contributed by atoms with Crippen molar-refractivity contribution in [2.24, 2.45) is 5.41 Å². The Kier molecular flexibility index (Phi) is 5.46. The van der Waals surface area contributed by atoms with Crippen molar-refractivity contribution >= 4 is 0 Å². The molecule has 0 unspecified atom stereocenters. The second kappa shape index (κ2) is 6.88. The second-order valence-electron chi connectivity index (χ2n) is 6.22. The highest BCUT2D eigenvalue weighted by atomic mass is 16.5. The summed E-state index contributed by atoms with van der Waals surface area (Å²) >= 11 is 0. The standard InChI is InChI=1S/C15H30N2O/c1-3-17(10-11-18-2)13-15(8-4-5-9-15)12-16-14-6-7-14/h14,16H,3-13H2,1-2H3. The van der Waals surface area contributed by atoms with Gasteiger partial charge in [0.1, 0.15) is 0 Å². The predicted molar refractivity (Wildman–Crippen MR) is 75.9 cm³/mol. The van der Waals surface area contributed by atoms with E-state index < -0.39 is 0 Å². The molecule has 2 aliphatic carbocycles. The molecule has 0 bridgehead atoms. The summed E-state index contributed by atoms with van der Waals surface area (Å²) in [6.45, 7) is 7.85. The lowest BCUT2D eigenvalue weighted by Gasteiger charge is -2.35. The van der Waals surface area contributed by atoms with Gasteiger partial charge < -0.3 is 15.0 Å². The van der Waals surface area contributed by atoms with Crippen molar-refractivity contribution in [1.82, 2.24) is 10.2 Å². The van der Waals surface area contributed by atoms with Crippen LogP contribution in [0.4, 0.5) is 0 Å². The van der Waals surface area contributed by atoms with Crippen molar-refractivity contribution in [1.29, 1.82) is 0 Å². The lowest BCUT2D eigenvalue weighted by molar-refractivity contribution is 0.109. The van der Waals surface area contributed by atoms with Gasteiger partial charge in [-0.15, -0.1) is 0 Å². The third-order valence-corrected chi connectivity index (χ3v) is 4.63. The number of ether oxygens (including phenoxy) is 1. The third kappa shape index (κ3) is 4.22. The van der Waals surface area contributed by atoms with Gasteiger partial charge in [-0.3, -0.25) is 0 Å². The number of methoxy groups -OCH3 is 1. The number of hydrogen-bond donors (Lipinski definition) is 1. The molecule has 2 rings (SSSR count). The fourth-order valence-electron chi connectivity index (χ4n) is 3.21. The van der Waals surface area contributed by atoms with E-state index in [0.29, 0.717) is 5.41 Å². The van der Waals surface area contributed by atoms with Crippen LogP contribution < -0.4 is 5.32 Å². The van der Waals surface area contributed by atoms with E-state index in [1.807, 2.05) is 0 Å². The number of nitrogens with zero attached hydrogens (tertiary/aromatic N) is 1. The van der Waals surface area contributed by atoms with Gasteiger partial charge in [-0.2, -0.15) is 0 Å². The smallest absolute Gasteiger partial charge is 0.0589 e. The maximum atomic E-state index is 5.22. The van der Waals surface area contributed by atoms with Crippen LogP contribution in [-0.2, 0) is 4.74 Å². The molecule has 0 radical (unpaired) electrons. The van der Waals surface area contributed by atoms with Gasteiger partial charge in [0.2, 0.25) is 0 Å². The average molecular weight is 254 g/mol. The Morgan fingerprint density at radius 2 is 2.00 bits per heavy atom. The molecular weight excluding hydrogens is 224 g/mol. The highest BCUT2D eigenvalue weighted by Crippen LogP contribution is 2.39. The molecule has 2 saturated carbocycles. The Morgan fingerprint density at radius 1 is 1.28 bits per heavy atom. The van der Waals surface area contributed by atoms with E-state index in [1.54, 1.807) is 7.11 Å². The van der Waals surface area contributed by atoms with Crippen LogP contribution in [0, 0.1) is 5.41 Å². The first-order chi connectivity index (χ1) is 8.78. The van der Waals surface area contributed by atoms with Gasteiger partial charge in [-0.25, -0.2) is 0 Å². The topological polar surface area (TPSA) is 24.5 Å². The zero-order valence-electron chi connectivity index (χ0n) is 12.2. The minimum absolute atomic E-state index is 0.548. The van der Waals surface area contributed by atoms with Crippen molar-refractivity contribution in [3.8, 4) is 0 Å². The minimum atomic E-state index is 0.548. The van der Waals surface area contributed by atoms with E-state index in [2.05, 4.69) is 17.1 Å². The summed E-state index contributed by atoms with van der Waals surface area (Å²) in [5.41, 5.74) is 0.548. The van der Waals surface area contributed by atoms with Crippen molar-refractivity contribution in [3.05, 3.63) is 0 Å². The van der Waals surface area contributed by atoms with Gasteiger partial charge in [0.25, 0.3) is 0 Å². The maximum absolute atomic E-state index is 5.22. The Bertz CT molecular complexity index is 235. The summed E-state index contributed by atoms with van der Waals surface area (Å²) in [7, 11) is 1.80. The zero-order valence-corrected chi connectivity index (χ0v) is 12.2. The molecule has 0 aromatic heterocycles. The van der Waals surface area contributed by atoms with E-state index in [4.69, 9.17) is 4.74 Å². The summed E-state index contributed by atoms with van der Waals surface area (Å²) in [5, 5.41) is 3.77. The lowest BCUT2D eigenvalue weighted by atomic mass is 9.85. The van der Waals surface area contributed by atoms with Gasteiger partial charge in [0.05, 0.1) is 6.61 Å². The lowest BCUT2D eigenvalue weighted by Crippen LogP contribution is -2.44. The van der Waals surface area contributed by atoms with Crippen LogP contribution in [0.2, 0.25) is 0 Å². The third-order valence-electron chi connectivity index (χ3n) is 4.63. The monoisotopic (exact) mass is 254 g/mol. The molecule has 3 heteroatoms. The predicted octanol–water partition coefficient (Wildman–Crippen LogP) is 2.27. The summed E-state index contributed by atoms with van der Waals surface area (Å²) in [6, 6.07) is 0.844. The van der Waals surface area contributed by atoms with Gasteiger partial charge in [0.15, 0.2) is 0 Å². The summed E-state index contributed by atoms with van der Waals surface area (Å²) in [5.74, 6) is 0. The highest BCUT2D eigenvalue weighted by Gasteiger charge is 2.36. The normalized spacial score (nSPS) is 22.8. The SMILES string of the molecule is CCN(CCOC)CC1(CNC2CC2)CCCC1. The molecule has 106 valence electrons. The first-order valence-corrected chi connectivity index (χ1v) is 7.73. The molecule has 18 heavy (non-hydrogen) atoms. The maximum Gasteiger partial charge on any atom is 0.0589 e. The number of hydrogen-bond acceptors (Lipinski definition) is 3. The fourth-order valence-corrected chi connectivity index (χ4v) is 3.21. The Balaban J connectivity index is 1.82. The molecule has 0 saturated heterocycles. The molecule has 0 aromatic rings. The molecule has 0 amide bonds. The van der Waals surface area contributed by atoms with Crippen LogP contribution in [0.1, 0.15) is 45.4 Å². The van der Waals surface area contributed by atoms with E-state index in [0.717, 1.165) is 25.7 Å². The number of likely N-dealkylation sites (N-methyl/N-ethyl adjacent to an activating group) is 1. The van der Waals surface area contributed by atoms with Crippen molar-refractivity contribution in [3.63, 3.8) is 0 Å². The Morgan fingerprint density at radius 3 is 2.56 bits per heavy atom. The van der Waals surface area contributed by atoms with Crippen molar-refractivity contribution < 1.29 is 4.74 Å². The van der Waals surface area contributed by atoms with E-state index in [-0.39, 0.29) is 0 Å². The molecule has 0 spiro atoms. The summed E-state index contributed by atoms with van der Waals surface area (Å²) in [4.78, 5) is 2.57.